The summed E-state index contributed by atoms with van der Waals surface area (Å²) >= 11 is 3.85. The number of nitrogens with zero attached hydrogens (tertiary/aromatic N) is 1. The Morgan fingerprint density at radius 2 is 1.03 bits per heavy atom. The number of ether oxygens (including phenoxy) is 2. The number of carbonyl (C=O) groups is 2. The molecule has 2 atom stereocenters. The van der Waals surface area contributed by atoms with Crippen molar-refractivity contribution >= 4 is 54.2 Å². The van der Waals surface area contributed by atoms with Gasteiger partial charge in [-0.3, -0.25) is 9.59 Å². The first-order chi connectivity index (χ1) is 37.8. The van der Waals surface area contributed by atoms with E-state index >= 15 is 0 Å². The molecule has 0 aliphatic heterocycles. The van der Waals surface area contributed by atoms with Gasteiger partial charge in [0.2, 0.25) is 0 Å². The quantitative estimate of drug-likeness (QED) is 0.0370. The molecule has 2 aromatic carbocycles. The van der Waals surface area contributed by atoms with Crippen LogP contribution in [0, 0.1) is 11.8 Å². The molecule has 2 fully saturated rings. The maximum absolute atomic E-state index is 13.0. The van der Waals surface area contributed by atoms with Crippen LogP contribution in [0.2, 0.25) is 5.04 Å². The molecule has 2 aliphatic rings. The van der Waals surface area contributed by atoms with E-state index in [-0.39, 0.29) is 35.2 Å². The third-order valence-electron chi connectivity index (χ3n) is 16.5. The van der Waals surface area contributed by atoms with Crippen LogP contribution in [0.25, 0.3) is 0 Å². The van der Waals surface area contributed by atoms with E-state index in [1.165, 1.54) is 113 Å². The molecule has 428 valence electrons. The van der Waals surface area contributed by atoms with E-state index in [4.69, 9.17) is 18.0 Å². The summed E-state index contributed by atoms with van der Waals surface area (Å²) in [6.45, 7) is 10.3. The van der Waals surface area contributed by atoms with Gasteiger partial charge in [-0.2, -0.15) is 23.5 Å². The van der Waals surface area contributed by atoms with Gasteiger partial charge >= 0.3 is 11.9 Å². The number of thioether (sulfide) groups is 2. The maximum Gasteiger partial charge on any atom is 0.306 e. The number of esters is 2. The third-order valence-corrected chi connectivity index (χ3v) is 24.0. The van der Waals surface area contributed by atoms with Crippen LogP contribution in [0.1, 0.15) is 257 Å². The molecule has 0 N–H and O–H groups in total. The van der Waals surface area contributed by atoms with Crippen molar-refractivity contribution in [1.82, 2.24) is 4.90 Å². The molecule has 2 aromatic rings. The maximum atomic E-state index is 13.0. The summed E-state index contributed by atoms with van der Waals surface area (Å²) < 4.78 is 46.2. The van der Waals surface area contributed by atoms with E-state index in [1.54, 1.807) is 0 Å². The van der Waals surface area contributed by atoms with Crippen LogP contribution in [0.5, 0.6) is 0 Å². The fourth-order valence-electron chi connectivity index (χ4n) is 12.0. The lowest BCUT2D eigenvalue weighted by Crippen LogP contribution is -2.66. The van der Waals surface area contributed by atoms with Gasteiger partial charge in [0, 0.05) is 41.1 Å². The number of unbranched alkanes of at least 4 members (excludes halogenated alkanes) is 11. The predicted molar refractivity (Wildman–Crippen MR) is 330 cm³/mol. The Bertz CT molecular complexity index is 1700. The predicted octanol–water partition coefficient (Wildman–Crippen LogP) is 17.7. The van der Waals surface area contributed by atoms with Crippen molar-refractivity contribution in [2.45, 2.75) is 276 Å². The van der Waals surface area contributed by atoms with Crippen molar-refractivity contribution in [1.29, 1.82) is 0 Å². The highest BCUT2D eigenvalue weighted by atomic mass is 32.2. The first-order valence-electron chi connectivity index (χ1n) is 32.8. The fourth-order valence-corrected chi connectivity index (χ4v) is 18.7. The van der Waals surface area contributed by atoms with Crippen molar-refractivity contribution in [2.75, 3.05) is 43.1 Å². The first-order valence-corrected chi connectivity index (χ1v) is 35.5. The second-order valence-electron chi connectivity index (χ2n) is 23.9. The topological polar surface area (TPSA) is 65.1 Å². The molecule has 2 aliphatic carbocycles. The van der Waals surface area contributed by atoms with Crippen molar-refractivity contribution in [2.24, 2.45) is 11.8 Å². The van der Waals surface area contributed by atoms with Crippen LogP contribution in [-0.4, -0.2) is 86.5 Å². The van der Waals surface area contributed by atoms with Gasteiger partial charge in [-0.1, -0.05) is 224 Å². The molecular formula is C66H113NO5S2Si. The Balaban J connectivity index is 1.33. The minimum Gasteiger partial charge on any atom is -0.461 e. The molecule has 2 unspecified atom stereocenters. The summed E-state index contributed by atoms with van der Waals surface area (Å²) in [4.78, 5) is 27.9. The Morgan fingerprint density at radius 3 is 1.45 bits per heavy atom. The van der Waals surface area contributed by atoms with Crippen LogP contribution < -0.4 is 10.4 Å². The first kappa shape index (κ1) is 60.8. The molecule has 0 aromatic heterocycles. The summed E-state index contributed by atoms with van der Waals surface area (Å²) in [5, 5.41) is 2.41. The van der Waals surface area contributed by atoms with Gasteiger partial charge in [-0.15, -0.1) is 0 Å². The molecule has 6 nitrogen and oxygen atoms in total. The Kier molecular flexibility index (Phi) is 32.8. The zero-order valence-electron chi connectivity index (χ0n) is 51.7. The molecule has 2 saturated carbocycles. The molecule has 0 radical (unpaired) electrons. The number of hydrogen-bond acceptors (Lipinski definition) is 8. The van der Waals surface area contributed by atoms with Crippen molar-refractivity contribution in [3.05, 3.63) is 60.7 Å². The molecule has 0 amide bonds. The van der Waals surface area contributed by atoms with E-state index in [0.29, 0.717) is 37.8 Å². The number of carbonyl (C=O) groups excluding carboxylic acids is 2. The Morgan fingerprint density at radius 1 is 0.587 bits per heavy atom. The molecule has 0 saturated heterocycles. The van der Waals surface area contributed by atoms with Gasteiger partial charge in [0.25, 0.3) is 8.32 Å². The highest BCUT2D eigenvalue weighted by Gasteiger charge is 2.50. The smallest absolute Gasteiger partial charge is 0.306 e. The van der Waals surface area contributed by atoms with Gasteiger partial charge in [0.1, 0.15) is 12.2 Å². The van der Waals surface area contributed by atoms with Crippen LogP contribution in [0.4, 0.5) is 0 Å². The minimum absolute atomic E-state index is 0.00320. The van der Waals surface area contributed by atoms with Gasteiger partial charge in [0.05, 0.1) is 0 Å². The summed E-state index contributed by atoms with van der Waals surface area (Å²) in [6.07, 6.45) is 37.0. The van der Waals surface area contributed by atoms with E-state index in [0.717, 1.165) is 126 Å². The zero-order chi connectivity index (χ0) is 56.2. The summed E-state index contributed by atoms with van der Waals surface area (Å²) in [5.74, 6) is 5.15. The van der Waals surface area contributed by atoms with E-state index < -0.39 is 15.3 Å². The molecule has 0 spiro atoms. The molecule has 75 heavy (non-hydrogen) atoms. The van der Waals surface area contributed by atoms with Crippen LogP contribution in [0.3, 0.4) is 0 Å². The zero-order valence-corrected chi connectivity index (χ0v) is 51.4. The van der Waals surface area contributed by atoms with Crippen LogP contribution in [0.15, 0.2) is 60.7 Å². The van der Waals surface area contributed by atoms with Gasteiger partial charge in [-0.25, -0.2) is 0 Å². The second-order valence-corrected chi connectivity index (χ2v) is 30.5. The molecule has 0 bridgehead atoms. The third kappa shape index (κ3) is 27.3. The monoisotopic (exact) mass is 1090 g/mol. The standard InChI is InChI=1S/C66H113NO5S2Si/c1-7-9-11-25-41-60(71-64(68)49-47-57-35-19-13-20-36-57)55-73-53-33-17-23-39-59(40-24-18-34-54-74-56-61(42-26-12-10-8-2)72-65(69)50-48-58-37-21-14-22-38-58)67(6)51-31-32-52-70-75(66(3,4)5,62-43-27-15-28-44-62)63-45-29-16-30-46-63/h15-16,27-30,43-46,57-61H,7-14,17-26,31-42,47-56H2,1-6H3/i6D3. The average molecular weight is 1100 g/mol. The van der Waals surface area contributed by atoms with Gasteiger partial charge < -0.3 is 18.8 Å². The average Bonchev–Trinajstić information content (AvgIpc) is 3.44. The molecule has 4 rings (SSSR count). The highest BCUT2D eigenvalue weighted by Crippen LogP contribution is 2.37. The van der Waals surface area contributed by atoms with Crippen molar-refractivity contribution < 1.29 is 27.6 Å². The minimum atomic E-state index is -2.69. The molecule has 0 heterocycles. The number of hydrogen-bond donors (Lipinski definition) is 0. The SMILES string of the molecule is [2H]C([2H])([2H])N(CCCCO[Si](c1ccccc1)(c1ccccc1)C(C)(C)C)C(CCCCCSCC(CCCCCC)OC(=O)CCC1CCCCC1)CCCCCSCC(CCCCCC)OC(=O)CCC1CCCCC1. The largest absolute Gasteiger partial charge is 0.461 e. The fraction of sp³-hybridized carbons (Fsp3) is 0.788. The van der Waals surface area contributed by atoms with E-state index in [2.05, 4.69) is 95.3 Å². The van der Waals surface area contributed by atoms with Gasteiger partial charge in [-0.05, 0) is 129 Å². The van der Waals surface area contributed by atoms with Gasteiger partial charge in [0.15, 0.2) is 0 Å². The lowest BCUT2D eigenvalue weighted by molar-refractivity contribution is -0.149. The Hall–Kier alpha value is -1.78. The summed E-state index contributed by atoms with van der Waals surface area (Å²) in [6, 6.07) is 21.5. The summed E-state index contributed by atoms with van der Waals surface area (Å²) in [5.41, 5.74) is 0. The van der Waals surface area contributed by atoms with Crippen molar-refractivity contribution in [3.8, 4) is 0 Å². The van der Waals surface area contributed by atoms with Crippen molar-refractivity contribution in [3.63, 3.8) is 0 Å². The van der Waals surface area contributed by atoms with E-state index in [1.807, 2.05) is 28.4 Å². The summed E-state index contributed by atoms with van der Waals surface area (Å²) in [7, 11) is -2.69. The lowest BCUT2D eigenvalue weighted by Gasteiger charge is -2.43. The van der Waals surface area contributed by atoms with Crippen LogP contribution >= 0.6 is 23.5 Å². The Labute approximate surface area is 476 Å². The number of benzene rings is 2. The molecular weight excluding hydrogens is 979 g/mol. The lowest BCUT2D eigenvalue weighted by atomic mass is 9.86. The number of rotatable bonds is 43. The van der Waals surface area contributed by atoms with E-state index in [9.17, 15) is 9.59 Å². The second kappa shape index (κ2) is 40.4. The highest BCUT2D eigenvalue weighted by molar-refractivity contribution is 7.99. The normalized spacial score (nSPS) is 17.0. The molecule has 9 heteroatoms. The van der Waals surface area contributed by atoms with Crippen LogP contribution in [-0.2, 0) is 23.5 Å².